The van der Waals surface area contributed by atoms with E-state index in [9.17, 15) is 4.79 Å². The number of nitrogens with two attached hydrogens (primary N) is 1. The predicted octanol–water partition coefficient (Wildman–Crippen LogP) is 2.06. The van der Waals surface area contributed by atoms with Crippen molar-refractivity contribution in [2.45, 2.75) is 13.3 Å². The molecule has 2 rings (SSSR count). The molecule has 0 saturated heterocycles. The number of ether oxygens (including phenoxy) is 1. The number of hydrogen-bond donors (Lipinski definition) is 1. The highest BCUT2D eigenvalue weighted by atomic mass is 16.5. The molecular weight excluding hydrogens is 190 g/mol. The Balaban J connectivity index is 2.36. The average Bonchev–Trinajstić information content (AvgIpc) is 2.74. The van der Waals surface area contributed by atoms with Crippen LogP contribution >= 0.6 is 0 Å². The van der Waals surface area contributed by atoms with Crippen molar-refractivity contribution in [3.63, 3.8) is 0 Å². The normalized spacial score (nSPS) is 14.6. The molecule has 15 heavy (non-hydrogen) atoms. The van der Waals surface area contributed by atoms with Crippen molar-refractivity contribution in [2.24, 2.45) is 0 Å². The molecule has 0 aromatic heterocycles. The van der Waals surface area contributed by atoms with Crippen LogP contribution in [0.2, 0.25) is 0 Å². The molecule has 0 aliphatic carbocycles. The van der Waals surface area contributed by atoms with E-state index >= 15 is 0 Å². The highest BCUT2D eigenvalue weighted by Gasteiger charge is 2.18. The van der Waals surface area contributed by atoms with Gasteiger partial charge in [0, 0.05) is 23.2 Å². The van der Waals surface area contributed by atoms with E-state index in [1.165, 1.54) is 6.26 Å². The van der Waals surface area contributed by atoms with Crippen LogP contribution in [-0.2, 0) is 4.74 Å². The number of carbonyl (C=O) groups excluding carboxylic acids is 1. The van der Waals surface area contributed by atoms with Gasteiger partial charge in [-0.25, -0.2) is 0 Å². The number of aryl methyl sites for hydroxylation is 1. The Kier molecular flexibility index (Phi) is 2.46. The maximum absolute atomic E-state index is 12.0. The molecule has 3 nitrogen and oxygen atoms in total. The van der Waals surface area contributed by atoms with Crippen LogP contribution in [0.5, 0.6) is 0 Å². The molecule has 2 N–H and O–H groups in total. The van der Waals surface area contributed by atoms with Crippen LogP contribution in [0.25, 0.3) is 0 Å². The van der Waals surface area contributed by atoms with Crippen molar-refractivity contribution >= 4 is 11.5 Å². The van der Waals surface area contributed by atoms with E-state index in [0.29, 0.717) is 29.9 Å². The molecule has 1 aromatic carbocycles. The second-order valence-corrected chi connectivity index (χ2v) is 3.68. The number of anilines is 1. The van der Waals surface area contributed by atoms with Gasteiger partial charge in [-0.15, -0.1) is 0 Å². The number of carbonyl (C=O) groups is 1. The quantitative estimate of drug-likeness (QED) is 0.591. The first-order chi connectivity index (χ1) is 7.18. The number of hydrogen-bond acceptors (Lipinski definition) is 3. The smallest absolute Gasteiger partial charge is 0.194 e. The van der Waals surface area contributed by atoms with Crippen LogP contribution in [0, 0.1) is 6.92 Å². The van der Waals surface area contributed by atoms with Crippen molar-refractivity contribution < 1.29 is 9.53 Å². The zero-order valence-corrected chi connectivity index (χ0v) is 8.62. The lowest BCUT2D eigenvalue weighted by atomic mass is 10.00. The monoisotopic (exact) mass is 203 g/mol. The fourth-order valence-corrected chi connectivity index (χ4v) is 1.59. The van der Waals surface area contributed by atoms with Crippen LogP contribution < -0.4 is 5.73 Å². The number of nitrogen functional groups attached to an aromatic ring is 1. The van der Waals surface area contributed by atoms with E-state index < -0.39 is 0 Å². The molecule has 0 amide bonds. The van der Waals surface area contributed by atoms with Gasteiger partial charge < -0.3 is 10.5 Å². The second kappa shape index (κ2) is 3.77. The van der Waals surface area contributed by atoms with Gasteiger partial charge >= 0.3 is 0 Å². The van der Waals surface area contributed by atoms with Gasteiger partial charge in [0.2, 0.25) is 0 Å². The predicted molar refractivity (Wildman–Crippen MR) is 58.6 cm³/mol. The summed E-state index contributed by atoms with van der Waals surface area (Å²) in [5.41, 5.74) is 8.61. The lowest BCUT2D eigenvalue weighted by molar-refractivity contribution is 0.103. The van der Waals surface area contributed by atoms with Crippen LogP contribution in [0.4, 0.5) is 5.69 Å². The van der Waals surface area contributed by atoms with Crippen molar-refractivity contribution in [1.82, 2.24) is 0 Å². The number of ketones is 1. The van der Waals surface area contributed by atoms with Gasteiger partial charge in [-0.3, -0.25) is 4.79 Å². The van der Waals surface area contributed by atoms with Gasteiger partial charge in [-0.2, -0.15) is 0 Å². The van der Waals surface area contributed by atoms with Gasteiger partial charge in [0.05, 0.1) is 12.9 Å². The summed E-state index contributed by atoms with van der Waals surface area (Å²) in [4.78, 5) is 12.0. The molecule has 0 unspecified atom stereocenters. The molecule has 0 radical (unpaired) electrons. The second-order valence-electron chi connectivity index (χ2n) is 3.68. The molecule has 0 atom stereocenters. The van der Waals surface area contributed by atoms with Crippen LogP contribution in [-0.4, -0.2) is 12.4 Å². The third-order valence-electron chi connectivity index (χ3n) is 2.46. The first-order valence-corrected chi connectivity index (χ1v) is 4.90. The van der Waals surface area contributed by atoms with Crippen molar-refractivity contribution in [2.75, 3.05) is 12.3 Å². The van der Waals surface area contributed by atoms with Crippen molar-refractivity contribution in [1.29, 1.82) is 0 Å². The minimum absolute atomic E-state index is 0.0197. The first-order valence-electron chi connectivity index (χ1n) is 4.90. The Morgan fingerprint density at radius 2 is 2.27 bits per heavy atom. The third kappa shape index (κ3) is 1.86. The van der Waals surface area contributed by atoms with Crippen LogP contribution in [0.3, 0.4) is 0 Å². The SMILES string of the molecule is Cc1ccc(N)c(C(=O)C2=COCC2)c1. The first kappa shape index (κ1) is 9.77. The molecule has 1 aliphatic rings. The Bertz CT molecular complexity index is 435. The average molecular weight is 203 g/mol. The largest absolute Gasteiger partial charge is 0.500 e. The van der Waals surface area contributed by atoms with E-state index in [4.69, 9.17) is 10.5 Å². The molecule has 78 valence electrons. The van der Waals surface area contributed by atoms with E-state index in [-0.39, 0.29) is 5.78 Å². The van der Waals surface area contributed by atoms with Crippen LogP contribution in [0.15, 0.2) is 30.0 Å². The summed E-state index contributed by atoms with van der Waals surface area (Å²) in [6.45, 7) is 2.53. The fourth-order valence-electron chi connectivity index (χ4n) is 1.59. The molecule has 0 fully saturated rings. The summed E-state index contributed by atoms with van der Waals surface area (Å²) in [7, 11) is 0. The zero-order valence-electron chi connectivity index (χ0n) is 8.62. The van der Waals surface area contributed by atoms with Crippen molar-refractivity contribution in [3.05, 3.63) is 41.2 Å². The Hall–Kier alpha value is -1.77. The van der Waals surface area contributed by atoms with Gasteiger partial charge in [0.25, 0.3) is 0 Å². The summed E-state index contributed by atoms with van der Waals surface area (Å²) in [5, 5.41) is 0. The summed E-state index contributed by atoms with van der Waals surface area (Å²) in [5.74, 6) is -0.0197. The van der Waals surface area contributed by atoms with E-state index in [1.54, 1.807) is 6.07 Å². The zero-order chi connectivity index (χ0) is 10.8. The maximum atomic E-state index is 12.0. The topological polar surface area (TPSA) is 52.3 Å². The molecule has 1 aromatic rings. The lowest BCUT2D eigenvalue weighted by Crippen LogP contribution is -2.06. The minimum Gasteiger partial charge on any atom is -0.500 e. The number of rotatable bonds is 2. The summed E-state index contributed by atoms with van der Waals surface area (Å²) in [6, 6.07) is 5.47. The Labute approximate surface area is 88.5 Å². The van der Waals surface area contributed by atoms with Gasteiger partial charge in [0.1, 0.15) is 0 Å². The lowest BCUT2D eigenvalue weighted by Gasteiger charge is -2.05. The Morgan fingerprint density at radius 3 is 2.93 bits per heavy atom. The molecule has 0 saturated carbocycles. The maximum Gasteiger partial charge on any atom is 0.194 e. The number of benzene rings is 1. The van der Waals surface area contributed by atoms with Crippen LogP contribution in [0.1, 0.15) is 22.3 Å². The molecule has 0 spiro atoms. The highest BCUT2D eigenvalue weighted by Crippen LogP contribution is 2.21. The Morgan fingerprint density at radius 1 is 1.47 bits per heavy atom. The fraction of sp³-hybridized carbons (Fsp3) is 0.250. The molecule has 3 heteroatoms. The summed E-state index contributed by atoms with van der Waals surface area (Å²) >= 11 is 0. The summed E-state index contributed by atoms with van der Waals surface area (Å²) in [6.07, 6.45) is 2.20. The molecular formula is C12H13NO2. The molecule has 1 aliphatic heterocycles. The third-order valence-corrected chi connectivity index (χ3v) is 2.46. The summed E-state index contributed by atoms with van der Waals surface area (Å²) < 4.78 is 5.05. The van der Waals surface area contributed by atoms with Gasteiger partial charge in [-0.05, 0) is 19.1 Å². The van der Waals surface area contributed by atoms with E-state index in [0.717, 1.165) is 5.56 Å². The van der Waals surface area contributed by atoms with Gasteiger partial charge in [0.15, 0.2) is 5.78 Å². The molecule has 0 bridgehead atoms. The van der Waals surface area contributed by atoms with Gasteiger partial charge in [-0.1, -0.05) is 11.6 Å². The van der Waals surface area contributed by atoms with Crippen molar-refractivity contribution in [3.8, 4) is 0 Å². The highest BCUT2D eigenvalue weighted by molar-refractivity contribution is 6.11. The van der Waals surface area contributed by atoms with E-state index in [1.807, 2.05) is 19.1 Å². The van der Waals surface area contributed by atoms with E-state index in [2.05, 4.69) is 0 Å². The number of Topliss-reactive ketones (excluding diaryl/α,β-unsaturated/α-hetero) is 1. The standard InChI is InChI=1S/C12H13NO2/c1-8-2-3-11(13)10(6-8)12(14)9-4-5-15-7-9/h2-3,6-7H,4-5,13H2,1H3. The molecule has 1 heterocycles. The minimum atomic E-state index is -0.0197.